The molecule has 0 spiro atoms. The largest absolute Gasteiger partial charge is 0.395 e. The fourth-order valence-electron chi connectivity index (χ4n) is 2.85. The van der Waals surface area contributed by atoms with Gasteiger partial charge in [0.2, 0.25) is 5.91 Å². The highest BCUT2D eigenvalue weighted by atomic mass is 32.1. The van der Waals surface area contributed by atoms with E-state index < -0.39 is 0 Å². The van der Waals surface area contributed by atoms with Gasteiger partial charge in [0, 0.05) is 28.8 Å². The van der Waals surface area contributed by atoms with Crippen molar-refractivity contribution in [2.24, 2.45) is 5.92 Å². The third kappa shape index (κ3) is 4.53. The van der Waals surface area contributed by atoms with E-state index in [1.807, 2.05) is 13.8 Å². The van der Waals surface area contributed by atoms with Gasteiger partial charge in [-0.3, -0.25) is 4.79 Å². The van der Waals surface area contributed by atoms with E-state index in [1.54, 1.807) is 16.2 Å². The number of aliphatic hydroxyl groups excluding tert-OH is 1. The quantitative estimate of drug-likeness (QED) is 0.909. The Labute approximate surface area is 130 Å². The molecule has 2 heterocycles. The zero-order valence-corrected chi connectivity index (χ0v) is 13.9. The van der Waals surface area contributed by atoms with Gasteiger partial charge in [-0.25, -0.2) is 0 Å². The van der Waals surface area contributed by atoms with E-state index in [4.69, 9.17) is 4.74 Å². The maximum absolute atomic E-state index is 12.8. The van der Waals surface area contributed by atoms with Crippen molar-refractivity contribution in [3.63, 3.8) is 0 Å². The van der Waals surface area contributed by atoms with Gasteiger partial charge in [-0.15, -0.1) is 11.3 Å². The predicted molar refractivity (Wildman–Crippen MR) is 84.3 cm³/mol. The van der Waals surface area contributed by atoms with Crippen molar-refractivity contribution in [1.29, 1.82) is 0 Å². The molecule has 21 heavy (non-hydrogen) atoms. The van der Waals surface area contributed by atoms with Crippen LogP contribution in [0.3, 0.4) is 0 Å². The third-order valence-corrected chi connectivity index (χ3v) is 4.86. The van der Waals surface area contributed by atoms with Crippen molar-refractivity contribution in [1.82, 2.24) is 4.90 Å². The monoisotopic (exact) mass is 311 g/mol. The first-order valence-electron chi connectivity index (χ1n) is 7.50. The van der Waals surface area contributed by atoms with Gasteiger partial charge >= 0.3 is 0 Å². The van der Waals surface area contributed by atoms with Crippen LogP contribution in [0.2, 0.25) is 0 Å². The predicted octanol–water partition coefficient (Wildman–Crippen LogP) is 2.58. The second kappa shape index (κ2) is 6.90. The molecule has 4 nitrogen and oxygen atoms in total. The number of nitrogens with zero attached hydrogens (tertiary/aromatic N) is 1. The third-order valence-electron chi connectivity index (χ3n) is 3.87. The summed E-state index contributed by atoms with van der Waals surface area (Å²) >= 11 is 1.71. The molecule has 1 unspecified atom stereocenters. The van der Waals surface area contributed by atoms with Crippen molar-refractivity contribution in [3.8, 4) is 0 Å². The molecule has 0 bridgehead atoms. The maximum Gasteiger partial charge on any atom is 0.226 e. The highest BCUT2D eigenvalue weighted by Crippen LogP contribution is 2.30. The Balaban J connectivity index is 2.04. The fourth-order valence-corrected chi connectivity index (χ4v) is 3.75. The molecule has 2 rings (SSSR count). The highest BCUT2D eigenvalue weighted by Gasteiger charge is 2.34. The van der Waals surface area contributed by atoms with E-state index in [0.717, 1.165) is 12.8 Å². The van der Waals surface area contributed by atoms with E-state index in [9.17, 15) is 9.90 Å². The second-order valence-electron chi connectivity index (χ2n) is 6.29. The number of thiophene rings is 1. The second-order valence-corrected chi connectivity index (χ2v) is 7.67. The van der Waals surface area contributed by atoms with Crippen molar-refractivity contribution in [3.05, 3.63) is 21.9 Å². The van der Waals surface area contributed by atoms with E-state index in [-0.39, 0.29) is 24.0 Å². The number of aryl methyl sites for hydroxylation is 1. The summed E-state index contributed by atoms with van der Waals surface area (Å²) in [5.41, 5.74) is -0.233. The zero-order chi connectivity index (χ0) is 15.5. The van der Waals surface area contributed by atoms with E-state index in [2.05, 4.69) is 19.1 Å². The Morgan fingerprint density at radius 1 is 1.52 bits per heavy atom. The first kappa shape index (κ1) is 16.5. The van der Waals surface area contributed by atoms with Gasteiger partial charge in [0.1, 0.15) is 0 Å². The molecular formula is C16H25NO3S. The number of carbonyl (C=O) groups excluding carboxylic acids is 1. The van der Waals surface area contributed by atoms with Crippen LogP contribution in [-0.4, -0.2) is 41.3 Å². The van der Waals surface area contributed by atoms with Gasteiger partial charge in [-0.05, 0) is 45.7 Å². The summed E-state index contributed by atoms with van der Waals surface area (Å²) < 4.78 is 5.69. The molecule has 1 N–H and O–H groups in total. The van der Waals surface area contributed by atoms with Crippen LogP contribution in [0.15, 0.2) is 12.1 Å². The molecular weight excluding hydrogens is 286 g/mol. The van der Waals surface area contributed by atoms with Gasteiger partial charge in [0.05, 0.1) is 18.8 Å². The van der Waals surface area contributed by atoms with E-state index >= 15 is 0 Å². The number of amides is 1. The number of carbonyl (C=O) groups is 1. The van der Waals surface area contributed by atoms with Crippen LogP contribution in [0, 0.1) is 12.8 Å². The number of ether oxygens (including phenoxy) is 1. The molecule has 1 atom stereocenters. The summed E-state index contributed by atoms with van der Waals surface area (Å²) in [6.45, 7) is 7.75. The van der Waals surface area contributed by atoms with E-state index in [0.29, 0.717) is 19.7 Å². The molecule has 1 amide bonds. The molecule has 1 aromatic rings. The van der Waals surface area contributed by atoms with Gasteiger partial charge < -0.3 is 14.7 Å². The first-order chi connectivity index (χ1) is 9.91. The Hall–Kier alpha value is -0.910. The lowest BCUT2D eigenvalue weighted by Crippen LogP contribution is -2.44. The average molecular weight is 311 g/mol. The Bertz CT molecular complexity index is 484. The Kier molecular flexibility index (Phi) is 5.41. The zero-order valence-electron chi connectivity index (χ0n) is 13.1. The van der Waals surface area contributed by atoms with Gasteiger partial charge in [-0.1, -0.05) is 0 Å². The van der Waals surface area contributed by atoms with Crippen molar-refractivity contribution < 1.29 is 14.6 Å². The molecule has 0 radical (unpaired) electrons. The van der Waals surface area contributed by atoms with Crippen molar-refractivity contribution >= 4 is 17.2 Å². The minimum atomic E-state index is -0.233. The average Bonchev–Trinajstić information content (AvgIpc) is 2.82. The fraction of sp³-hybridized carbons (Fsp3) is 0.688. The molecule has 5 heteroatoms. The number of aliphatic hydroxyl groups is 1. The van der Waals surface area contributed by atoms with Crippen LogP contribution in [0.4, 0.5) is 0 Å². The molecule has 0 aliphatic carbocycles. The number of hydrogen-bond acceptors (Lipinski definition) is 4. The molecule has 1 aliphatic rings. The van der Waals surface area contributed by atoms with Crippen LogP contribution in [0.25, 0.3) is 0 Å². The Morgan fingerprint density at radius 3 is 2.86 bits per heavy atom. The van der Waals surface area contributed by atoms with Gasteiger partial charge in [-0.2, -0.15) is 0 Å². The minimum Gasteiger partial charge on any atom is -0.395 e. The highest BCUT2D eigenvalue weighted by molar-refractivity contribution is 7.11. The number of hydrogen-bond donors (Lipinski definition) is 1. The van der Waals surface area contributed by atoms with Crippen molar-refractivity contribution in [2.75, 3.05) is 19.8 Å². The van der Waals surface area contributed by atoms with Crippen LogP contribution < -0.4 is 0 Å². The Morgan fingerprint density at radius 2 is 2.29 bits per heavy atom. The summed E-state index contributed by atoms with van der Waals surface area (Å²) in [5, 5.41) is 9.25. The summed E-state index contributed by atoms with van der Waals surface area (Å²) in [7, 11) is 0. The lowest BCUT2D eigenvalue weighted by atomic mass is 9.87. The maximum atomic E-state index is 12.8. The molecule has 0 saturated carbocycles. The molecule has 1 aromatic heterocycles. The standard InChI is InChI=1S/C16H25NO3S/c1-12-4-5-14(21-12)11-17(7-8-18)15(19)13-6-9-20-16(2,3)10-13/h4-5,13,18H,6-11H2,1-3H3. The van der Waals surface area contributed by atoms with Crippen molar-refractivity contribution in [2.45, 2.75) is 45.8 Å². The van der Waals surface area contributed by atoms with Gasteiger partial charge in [0.15, 0.2) is 0 Å². The molecule has 1 aliphatic heterocycles. The van der Waals surface area contributed by atoms with Crippen LogP contribution in [0.5, 0.6) is 0 Å². The minimum absolute atomic E-state index is 0.00126. The summed E-state index contributed by atoms with van der Waals surface area (Å²) in [6, 6.07) is 4.13. The first-order valence-corrected chi connectivity index (χ1v) is 8.32. The molecule has 1 saturated heterocycles. The smallest absolute Gasteiger partial charge is 0.226 e. The molecule has 1 fully saturated rings. The lowest BCUT2D eigenvalue weighted by molar-refractivity contribution is -0.146. The SMILES string of the molecule is Cc1ccc(CN(CCO)C(=O)C2CCOC(C)(C)C2)s1. The van der Waals surface area contributed by atoms with Crippen LogP contribution in [-0.2, 0) is 16.1 Å². The van der Waals surface area contributed by atoms with Crippen LogP contribution >= 0.6 is 11.3 Å². The molecule has 118 valence electrons. The summed E-state index contributed by atoms with van der Waals surface area (Å²) in [6.07, 6.45) is 1.52. The normalized spacial score (nSPS) is 21.2. The van der Waals surface area contributed by atoms with Crippen LogP contribution in [0.1, 0.15) is 36.4 Å². The molecule has 0 aromatic carbocycles. The van der Waals surface area contributed by atoms with Gasteiger partial charge in [0.25, 0.3) is 0 Å². The topological polar surface area (TPSA) is 49.8 Å². The van der Waals surface area contributed by atoms with E-state index in [1.165, 1.54) is 9.75 Å². The number of rotatable bonds is 5. The summed E-state index contributed by atoms with van der Waals surface area (Å²) in [5.74, 6) is 0.146. The summed E-state index contributed by atoms with van der Waals surface area (Å²) in [4.78, 5) is 17.0. The lowest BCUT2D eigenvalue weighted by Gasteiger charge is -2.37.